The highest BCUT2D eigenvalue weighted by atomic mass is 79.9. The smallest absolute Gasteiger partial charge is 0.254 e. The number of morpholine rings is 1. The van der Waals surface area contributed by atoms with Gasteiger partial charge >= 0.3 is 0 Å². The van der Waals surface area contributed by atoms with Gasteiger partial charge in [-0.25, -0.2) is 0 Å². The lowest BCUT2D eigenvalue weighted by Crippen LogP contribution is -2.40. The van der Waals surface area contributed by atoms with Crippen LogP contribution in [0, 0.1) is 0 Å². The van der Waals surface area contributed by atoms with Crippen LogP contribution in [-0.4, -0.2) is 37.1 Å². The fourth-order valence-corrected chi connectivity index (χ4v) is 2.58. The molecule has 0 radical (unpaired) electrons. The van der Waals surface area contributed by atoms with Gasteiger partial charge < -0.3 is 9.64 Å². The lowest BCUT2D eigenvalue weighted by Gasteiger charge is -2.26. The summed E-state index contributed by atoms with van der Waals surface area (Å²) in [6, 6.07) is 7.53. The van der Waals surface area contributed by atoms with Crippen molar-refractivity contribution < 1.29 is 14.4 Å². The number of hydroxylamine groups is 1. The van der Waals surface area contributed by atoms with Crippen LogP contribution in [-0.2, 0) is 9.57 Å². The number of hydrogen-bond donors (Lipinski definition) is 1. The van der Waals surface area contributed by atoms with Crippen LogP contribution >= 0.6 is 15.9 Å². The first kappa shape index (κ1) is 13.6. The maximum absolute atomic E-state index is 12.3. The monoisotopic (exact) mass is 338 g/mol. The van der Waals surface area contributed by atoms with Gasteiger partial charge in [-0.2, -0.15) is 0 Å². The Morgan fingerprint density at radius 2 is 1.95 bits per heavy atom. The summed E-state index contributed by atoms with van der Waals surface area (Å²) in [6.07, 6.45) is 1.80. The molecule has 1 fully saturated rings. The Balaban J connectivity index is 1.71. The molecule has 1 saturated heterocycles. The molecule has 3 rings (SSSR count). The van der Waals surface area contributed by atoms with Gasteiger partial charge in [0.1, 0.15) is 10.7 Å². The molecule has 5 nitrogen and oxygen atoms in total. The largest absolute Gasteiger partial charge is 0.378 e. The Morgan fingerprint density at radius 1 is 1.25 bits per heavy atom. The zero-order valence-corrected chi connectivity index (χ0v) is 12.4. The molecule has 1 amide bonds. The summed E-state index contributed by atoms with van der Waals surface area (Å²) in [7, 11) is 0. The summed E-state index contributed by atoms with van der Waals surface area (Å²) in [4.78, 5) is 19.5. The molecule has 0 unspecified atom stereocenters. The van der Waals surface area contributed by atoms with Crippen molar-refractivity contribution in [1.29, 1.82) is 0 Å². The number of rotatable bonds is 2. The van der Waals surface area contributed by atoms with Crippen molar-refractivity contribution >= 4 is 21.8 Å². The topological polar surface area (TPSA) is 50.8 Å². The molecule has 2 heterocycles. The fraction of sp³-hybridized carbons (Fsp3) is 0.357. The normalized spacial score (nSPS) is 22.4. The van der Waals surface area contributed by atoms with Gasteiger partial charge in [0, 0.05) is 18.7 Å². The van der Waals surface area contributed by atoms with Crippen LogP contribution in [0.25, 0.3) is 0 Å². The van der Waals surface area contributed by atoms with Crippen LogP contribution in [0.4, 0.5) is 0 Å². The summed E-state index contributed by atoms with van der Waals surface area (Å²) < 4.78 is 6.07. The SMILES string of the molecule is O=C(c1ccc([C@@H]2C=C(Br)NO2)cc1)N1CCOCC1. The molecule has 0 bridgehead atoms. The number of benzene rings is 1. The first-order valence-electron chi connectivity index (χ1n) is 6.50. The molecular formula is C14H15BrN2O3. The highest BCUT2D eigenvalue weighted by Gasteiger charge is 2.20. The van der Waals surface area contributed by atoms with Crippen LogP contribution in [0.5, 0.6) is 0 Å². The molecular weight excluding hydrogens is 324 g/mol. The molecule has 2 aliphatic rings. The van der Waals surface area contributed by atoms with Crippen molar-refractivity contribution in [3.05, 3.63) is 46.1 Å². The van der Waals surface area contributed by atoms with Crippen LogP contribution in [0.1, 0.15) is 22.0 Å². The fourth-order valence-electron chi connectivity index (χ4n) is 2.25. The van der Waals surface area contributed by atoms with Crippen molar-refractivity contribution in [2.45, 2.75) is 6.10 Å². The average Bonchev–Trinajstić information content (AvgIpc) is 2.94. The van der Waals surface area contributed by atoms with Crippen molar-refractivity contribution in [2.24, 2.45) is 0 Å². The third-order valence-corrected chi connectivity index (χ3v) is 3.79. The van der Waals surface area contributed by atoms with Gasteiger partial charge in [-0.05, 0) is 39.7 Å². The average molecular weight is 339 g/mol. The third-order valence-electron chi connectivity index (χ3n) is 3.37. The lowest BCUT2D eigenvalue weighted by atomic mass is 10.1. The summed E-state index contributed by atoms with van der Waals surface area (Å²) >= 11 is 3.32. The number of carbonyl (C=O) groups is 1. The summed E-state index contributed by atoms with van der Waals surface area (Å²) in [5, 5.41) is 0. The second-order valence-corrected chi connectivity index (χ2v) is 5.54. The minimum atomic E-state index is -0.128. The molecule has 1 N–H and O–H groups in total. The Bertz CT molecular complexity index is 524. The van der Waals surface area contributed by atoms with Gasteiger partial charge in [-0.1, -0.05) is 12.1 Å². The molecule has 0 saturated carbocycles. The van der Waals surface area contributed by atoms with Crippen LogP contribution in [0.3, 0.4) is 0 Å². The third kappa shape index (κ3) is 2.87. The standard InChI is InChI=1S/C14H15BrN2O3/c15-13-9-12(20-16-13)10-1-3-11(4-2-10)14(18)17-5-7-19-8-6-17/h1-4,9,12,16H,5-8H2/t12-/m0/s1. The van der Waals surface area contributed by atoms with Crippen molar-refractivity contribution in [3.8, 4) is 0 Å². The number of hydrogen-bond acceptors (Lipinski definition) is 4. The highest BCUT2D eigenvalue weighted by molar-refractivity contribution is 9.11. The lowest BCUT2D eigenvalue weighted by molar-refractivity contribution is 0.0302. The maximum atomic E-state index is 12.3. The van der Waals surface area contributed by atoms with Crippen LogP contribution in [0.2, 0.25) is 0 Å². The molecule has 6 heteroatoms. The molecule has 0 aromatic heterocycles. The van der Waals surface area contributed by atoms with Crippen molar-refractivity contribution in [1.82, 2.24) is 10.4 Å². The second-order valence-electron chi connectivity index (χ2n) is 4.68. The second kappa shape index (κ2) is 5.95. The Kier molecular flexibility index (Phi) is 4.05. The molecule has 0 aliphatic carbocycles. The summed E-state index contributed by atoms with van der Waals surface area (Å²) in [6.45, 7) is 2.55. The zero-order valence-electron chi connectivity index (χ0n) is 10.8. The van der Waals surface area contributed by atoms with E-state index in [-0.39, 0.29) is 12.0 Å². The van der Waals surface area contributed by atoms with E-state index in [2.05, 4.69) is 21.4 Å². The first-order chi connectivity index (χ1) is 9.74. The predicted octanol–water partition coefficient (Wildman–Crippen LogP) is 1.97. The summed E-state index contributed by atoms with van der Waals surface area (Å²) in [5.74, 6) is 0.0574. The van der Waals surface area contributed by atoms with E-state index in [1.54, 1.807) is 0 Å². The van der Waals surface area contributed by atoms with Gasteiger partial charge in [-0.3, -0.25) is 15.1 Å². The Hall–Kier alpha value is -1.37. The first-order valence-corrected chi connectivity index (χ1v) is 7.29. The number of ether oxygens (including phenoxy) is 1. The van der Waals surface area contributed by atoms with E-state index < -0.39 is 0 Å². The van der Waals surface area contributed by atoms with E-state index in [1.165, 1.54) is 0 Å². The minimum Gasteiger partial charge on any atom is -0.378 e. The van der Waals surface area contributed by atoms with Gasteiger partial charge in [0.15, 0.2) is 0 Å². The molecule has 0 spiro atoms. The zero-order chi connectivity index (χ0) is 13.9. The van der Waals surface area contributed by atoms with Gasteiger partial charge in [0.2, 0.25) is 0 Å². The molecule has 106 valence electrons. The Morgan fingerprint density at radius 3 is 2.55 bits per heavy atom. The van der Waals surface area contributed by atoms with Crippen molar-refractivity contribution in [3.63, 3.8) is 0 Å². The molecule has 1 aromatic rings. The van der Waals surface area contributed by atoms with E-state index in [9.17, 15) is 4.79 Å². The predicted molar refractivity (Wildman–Crippen MR) is 77.1 cm³/mol. The number of nitrogens with one attached hydrogen (secondary N) is 1. The van der Waals surface area contributed by atoms with Gasteiger partial charge in [0.25, 0.3) is 5.91 Å². The van der Waals surface area contributed by atoms with E-state index in [0.29, 0.717) is 31.9 Å². The van der Waals surface area contributed by atoms with Crippen molar-refractivity contribution in [2.75, 3.05) is 26.3 Å². The molecule has 1 atom stereocenters. The summed E-state index contributed by atoms with van der Waals surface area (Å²) in [5.41, 5.74) is 4.45. The quantitative estimate of drug-likeness (QED) is 0.837. The van der Waals surface area contributed by atoms with Gasteiger partial charge in [-0.15, -0.1) is 0 Å². The van der Waals surface area contributed by atoms with Crippen LogP contribution in [0.15, 0.2) is 34.9 Å². The minimum absolute atomic E-state index is 0.0574. The van der Waals surface area contributed by atoms with E-state index >= 15 is 0 Å². The number of halogens is 1. The van der Waals surface area contributed by atoms with E-state index in [1.807, 2.05) is 35.2 Å². The Labute approximate surface area is 125 Å². The maximum Gasteiger partial charge on any atom is 0.254 e. The van der Waals surface area contributed by atoms with Crippen LogP contribution < -0.4 is 5.48 Å². The number of carbonyl (C=O) groups excluding carboxylic acids is 1. The number of nitrogens with zero attached hydrogens (tertiary/aromatic N) is 1. The van der Waals surface area contributed by atoms with E-state index in [0.717, 1.165) is 10.2 Å². The van der Waals surface area contributed by atoms with E-state index in [4.69, 9.17) is 9.57 Å². The highest BCUT2D eigenvalue weighted by Crippen LogP contribution is 2.26. The molecule has 2 aliphatic heterocycles. The number of amides is 1. The molecule has 20 heavy (non-hydrogen) atoms. The molecule has 1 aromatic carbocycles. The van der Waals surface area contributed by atoms with Gasteiger partial charge in [0.05, 0.1) is 13.2 Å².